The second kappa shape index (κ2) is 13.2. The van der Waals surface area contributed by atoms with Crippen LogP contribution >= 0.6 is 46.4 Å². The second-order valence-electron chi connectivity index (χ2n) is 7.17. The number of carbonyl (C=O) groups excluding carboxylic acids is 1. The Balaban J connectivity index is 2.02. The number of nitrogens with zero attached hydrogens (tertiary/aromatic N) is 1. The Morgan fingerprint density at radius 2 is 1.57 bits per heavy atom. The highest BCUT2D eigenvalue weighted by Crippen LogP contribution is 2.24. The van der Waals surface area contributed by atoms with Crippen LogP contribution in [0.4, 0.5) is 0 Å². The molecule has 1 unspecified atom stereocenters. The molecule has 3 nitrogen and oxygen atoms in total. The van der Waals surface area contributed by atoms with E-state index in [4.69, 9.17) is 46.4 Å². The number of hydrogen-bond acceptors (Lipinski definition) is 2. The Morgan fingerprint density at radius 3 is 2.20 bits per heavy atom. The van der Waals surface area contributed by atoms with Gasteiger partial charge in [-0.15, -0.1) is 0 Å². The summed E-state index contributed by atoms with van der Waals surface area (Å²) in [7, 11) is 0. The topological polar surface area (TPSA) is 41.5 Å². The summed E-state index contributed by atoms with van der Waals surface area (Å²) in [5, 5.41) is 4.94. The van der Waals surface area contributed by atoms with Gasteiger partial charge in [-0.25, -0.2) is 0 Å². The lowest BCUT2D eigenvalue weighted by molar-refractivity contribution is -0.120. The number of aliphatic imine (C=N–C) groups is 1. The Kier molecular flexibility index (Phi) is 11.0. The van der Waals surface area contributed by atoms with Crippen molar-refractivity contribution >= 4 is 58.5 Å². The third kappa shape index (κ3) is 8.85. The quantitative estimate of drug-likeness (QED) is 0.263. The van der Waals surface area contributed by atoms with Gasteiger partial charge in [-0.1, -0.05) is 84.7 Å². The molecule has 2 rings (SSSR count). The lowest BCUT2D eigenvalue weighted by atomic mass is 10.1. The zero-order chi connectivity index (χ0) is 21.9. The minimum atomic E-state index is -0.247. The predicted octanol–water partition coefficient (Wildman–Crippen LogP) is 7.22. The zero-order valence-corrected chi connectivity index (χ0v) is 20.0. The monoisotopic (exact) mass is 486 g/mol. The van der Waals surface area contributed by atoms with Crippen molar-refractivity contribution in [3.63, 3.8) is 0 Å². The van der Waals surface area contributed by atoms with Gasteiger partial charge in [0.1, 0.15) is 0 Å². The Hall–Kier alpha value is -1.26. The first kappa shape index (κ1) is 25.0. The number of amides is 1. The van der Waals surface area contributed by atoms with Crippen molar-refractivity contribution in [3.8, 4) is 0 Å². The summed E-state index contributed by atoms with van der Waals surface area (Å²) in [6, 6.07) is 10.4. The second-order valence-corrected chi connectivity index (χ2v) is 8.80. The first-order valence-electron chi connectivity index (χ1n) is 10.1. The molecule has 162 valence electrons. The molecule has 2 aromatic rings. The number of halogens is 4. The van der Waals surface area contributed by atoms with Crippen molar-refractivity contribution < 1.29 is 4.79 Å². The van der Waals surface area contributed by atoms with Crippen LogP contribution in [0.5, 0.6) is 0 Å². The van der Waals surface area contributed by atoms with E-state index in [1.165, 1.54) is 12.8 Å². The SMILES string of the molecule is CCCCCCN=CC(Cc1ccc(Cl)c(Cl)c1)NC(=O)Cc1ccc(Cl)c(Cl)c1. The molecule has 30 heavy (non-hydrogen) atoms. The first-order valence-corrected chi connectivity index (χ1v) is 11.6. The Morgan fingerprint density at radius 1 is 0.933 bits per heavy atom. The van der Waals surface area contributed by atoms with Crippen LogP contribution in [0.3, 0.4) is 0 Å². The fourth-order valence-electron chi connectivity index (χ4n) is 2.99. The first-order chi connectivity index (χ1) is 14.4. The van der Waals surface area contributed by atoms with E-state index in [0.717, 1.165) is 30.5 Å². The third-order valence-electron chi connectivity index (χ3n) is 4.56. The Bertz CT molecular complexity index is 870. The summed E-state index contributed by atoms with van der Waals surface area (Å²) >= 11 is 24.1. The van der Waals surface area contributed by atoms with Crippen LogP contribution in [0.15, 0.2) is 41.4 Å². The summed E-state index contributed by atoms with van der Waals surface area (Å²) in [5.74, 6) is -0.115. The molecular weight excluding hydrogens is 462 g/mol. The van der Waals surface area contributed by atoms with Crippen LogP contribution in [-0.4, -0.2) is 24.7 Å². The maximum atomic E-state index is 12.6. The van der Waals surface area contributed by atoms with Crippen molar-refractivity contribution in [1.29, 1.82) is 0 Å². The number of unbranched alkanes of at least 4 members (excludes halogenated alkanes) is 3. The third-order valence-corrected chi connectivity index (χ3v) is 6.04. The van der Waals surface area contributed by atoms with E-state index in [1.54, 1.807) is 24.3 Å². The highest BCUT2D eigenvalue weighted by molar-refractivity contribution is 6.42. The fraction of sp³-hybridized carbons (Fsp3) is 0.391. The van der Waals surface area contributed by atoms with E-state index in [-0.39, 0.29) is 18.4 Å². The van der Waals surface area contributed by atoms with Crippen LogP contribution in [0, 0.1) is 0 Å². The molecule has 0 aromatic heterocycles. The molecular formula is C23H26Cl4N2O. The largest absolute Gasteiger partial charge is 0.348 e. The smallest absolute Gasteiger partial charge is 0.224 e. The number of carbonyl (C=O) groups is 1. The predicted molar refractivity (Wildman–Crippen MR) is 130 cm³/mol. The van der Waals surface area contributed by atoms with Crippen molar-refractivity contribution in [3.05, 3.63) is 67.6 Å². The minimum absolute atomic E-state index is 0.115. The molecule has 0 spiro atoms. The van der Waals surface area contributed by atoms with Gasteiger partial charge in [0, 0.05) is 12.8 Å². The van der Waals surface area contributed by atoms with Gasteiger partial charge in [0.25, 0.3) is 0 Å². The van der Waals surface area contributed by atoms with Crippen molar-refractivity contribution in [2.24, 2.45) is 4.99 Å². The molecule has 0 aliphatic heterocycles. The van der Waals surface area contributed by atoms with E-state index in [1.807, 2.05) is 18.3 Å². The summed E-state index contributed by atoms with van der Waals surface area (Å²) in [4.78, 5) is 17.1. The van der Waals surface area contributed by atoms with Gasteiger partial charge in [-0.3, -0.25) is 9.79 Å². The summed E-state index contributed by atoms with van der Waals surface area (Å²) in [5.41, 5.74) is 1.77. The van der Waals surface area contributed by atoms with Crippen LogP contribution in [0.25, 0.3) is 0 Å². The molecule has 0 aliphatic rings. The zero-order valence-electron chi connectivity index (χ0n) is 16.9. The van der Waals surface area contributed by atoms with Gasteiger partial charge in [-0.2, -0.15) is 0 Å². The van der Waals surface area contributed by atoms with Crippen LogP contribution in [-0.2, 0) is 17.6 Å². The molecule has 2 aromatic carbocycles. The van der Waals surface area contributed by atoms with Crippen LogP contribution < -0.4 is 5.32 Å². The molecule has 1 amide bonds. The highest BCUT2D eigenvalue weighted by atomic mass is 35.5. The van der Waals surface area contributed by atoms with Gasteiger partial charge >= 0.3 is 0 Å². The number of hydrogen-bond donors (Lipinski definition) is 1. The lowest BCUT2D eigenvalue weighted by Gasteiger charge is -2.16. The molecule has 0 heterocycles. The van der Waals surface area contributed by atoms with Crippen LogP contribution in [0.2, 0.25) is 20.1 Å². The van der Waals surface area contributed by atoms with E-state index in [0.29, 0.717) is 26.5 Å². The van der Waals surface area contributed by atoms with Crippen molar-refractivity contribution in [1.82, 2.24) is 5.32 Å². The van der Waals surface area contributed by atoms with E-state index >= 15 is 0 Å². The number of benzene rings is 2. The van der Waals surface area contributed by atoms with Gasteiger partial charge in [0.05, 0.1) is 32.6 Å². The fourth-order valence-corrected chi connectivity index (χ4v) is 3.63. The number of nitrogens with one attached hydrogen (secondary N) is 1. The molecule has 0 fully saturated rings. The van der Waals surface area contributed by atoms with Gasteiger partial charge in [-0.05, 0) is 48.2 Å². The Labute approximate surface area is 198 Å². The molecule has 0 saturated heterocycles. The summed E-state index contributed by atoms with van der Waals surface area (Å²) in [6.45, 7) is 2.93. The molecule has 0 radical (unpaired) electrons. The molecule has 7 heteroatoms. The van der Waals surface area contributed by atoms with Gasteiger partial charge < -0.3 is 5.32 Å². The van der Waals surface area contributed by atoms with Gasteiger partial charge in [0.15, 0.2) is 0 Å². The standard InChI is InChI=1S/C23H26Cl4N2O/c1-2-3-4-5-10-28-15-18(11-16-6-8-19(24)21(26)12-16)29-23(30)14-17-7-9-20(25)22(27)13-17/h6-9,12-13,15,18H,2-5,10-11,14H2,1H3,(H,29,30). The molecule has 0 aliphatic carbocycles. The van der Waals surface area contributed by atoms with E-state index in [9.17, 15) is 4.79 Å². The minimum Gasteiger partial charge on any atom is -0.348 e. The van der Waals surface area contributed by atoms with E-state index < -0.39 is 0 Å². The summed E-state index contributed by atoms with van der Waals surface area (Å²) < 4.78 is 0. The van der Waals surface area contributed by atoms with Crippen molar-refractivity contribution in [2.75, 3.05) is 6.54 Å². The van der Waals surface area contributed by atoms with E-state index in [2.05, 4.69) is 17.2 Å². The average Bonchev–Trinajstić information content (AvgIpc) is 2.70. The molecule has 0 saturated carbocycles. The van der Waals surface area contributed by atoms with Crippen LogP contribution in [0.1, 0.15) is 43.7 Å². The maximum Gasteiger partial charge on any atom is 0.224 e. The summed E-state index contributed by atoms with van der Waals surface area (Å²) in [6.07, 6.45) is 7.20. The van der Waals surface area contributed by atoms with Gasteiger partial charge in [0.2, 0.25) is 5.91 Å². The lowest BCUT2D eigenvalue weighted by Crippen LogP contribution is -2.38. The van der Waals surface area contributed by atoms with Crippen molar-refractivity contribution in [2.45, 2.75) is 51.5 Å². The number of rotatable bonds is 11. The highest BCUT2D eigenvalue weighted by Gasteiger charge is 2.13. The normalized spacial score (nSPS) is 12.3. The molecule has 1 atom stereocenters. The molecule has 1 N–H and O–H groups in total. The maximum absolute atomic E-state index is 12.6. The molecule has 0 bridgehead atoms. The average molecular weight is 488 g/mol.